The molecule has 2 atom stereocenters. The Morgan fingerprint density at radius 2 is 1.95 bits per heavy atom. The summed E-state index contributed by atoms with van der Waals surface area (Å²) in [6, 6.07) is 8.35. The molecule has 2 fully saturated rings. The number of fused-ring (bicyclic) bond motifs is 1. The largest absolute Gasteiger partial charge is 0.399 e. The van der Waals surface area contributed by atoms with E-state index in [4.69, 9.17) is 5.73 Å². The fraction of sp³-hybridized carbons (Fsp3) is 0.647. The van der Waals surface area contributed by atoms with Crippen LogP contribution in [-0.4, -0.2) is 24.5 Å². The fourth-order valence-electron chi connectivity index (χ4n) is 3.92. The number of nitrogens with two attached hydrogens (primary N) is 1. The Hall–Kier alpha value is -1.02. The Morgan fingerprint density at radius 1 is 1.11 bits per heavy atom. The zero-order valence-corrected chi connectivity index (χ0v) is 11.9. The van der Waals surface area contributed by atoms with Gasteiger partial charge in [0.2, 0.25) is 0 Å². The Kier molecular flexibility index (Phi) is 4.07. The van der Waals surface area contributed by atoms with Crippen molar-refractivity contribution in [3.05, 3.63) is 29.8 Å². The summed E-state index contributed by atoms with van der Waals surface area (Å²) >= 11 is 0. The quantitative estimate of drug-likeness (QED) is 0.843. The lowest BCUT2D eigenvalue weighted by atomic mass is 9.75. The molecule has 3 rings (SSSR count). The molecule has 104 valence electrons. The van der Waals surface area contributed by atoms with Gasteiger partial charge in [-0.15, -0.1) is 0 Å². The van der Waals surface area contributed by atoms with E-state index in [1.807, 2.05) is 6.07 Å². The van der Waals surface area contributed by atoms with Gasteiger partial charge in [-0.1, -0.05) is 31.4 Å². The third-order valence-electron chi connectivity index (χ3n) is 5.04. The van der Waals surface area contributed by atoms with Gasteiger partial charge in [-0.05, 0) is 55.3 Å². The summed E-state index contributed by atoms with van der Waals surface area (Å²) in [5.41, 5.74) is 8.11. The second-order valence-electron chi connectivity index (χ2n) is 6.39. The van der Waals surface area contributed by atoms with Crippen LogP contribution < -0.4 is 5.73 Å². The van der Waals surface area contributed by atoms with Gasteiger partial charge in [0.25, 0.3) is 0 Å². The molecule has 2 heteroatoms. The standard InChI is InChI=1S/C17H26N2/c18-17-7-3-4-14(12-17)8-10-19-11-9-15-5-1-2-6-16(15)13-19/h3-4,7,12,15-16H,1-2,5-6,8-11,13,18H2/t15?,16-/m1/s1. The van der Waals surface area contributed by atoms with Crippen LogP contribution in [0.25, 0.3) is 0 Å². The summed E-state index contributed by atoms with van der Waals surface area (Å²) in [4.78, 5) is 2.68. The van der Waals surface area contributed by atoms with Crippen molar-refractivity contribution in [2.75, 3.05) is 25.4 Å². The lowest BCUT2D eigenvalue weighted by Gasteiger charge is -2.41. The molecule has 1 heterocycles. The van der Waals surface area contributed by atoms with Crippen molar-refractivity contribution in [3.8, 4) is 0 Å². The van der Waals surface area contributed by atoms with E-state index in [0.717, 1.165) is 23.9 Å². The van der Waals surface area contributed by atoms with Crippen LogP contribution in [0, 0.1) is 11.8 Å². The van der Waals surface area contributed by atoms with Crippen molar-refractivity contribution in [2.45, 2.75) is 38.5 Å². The molecule has 2 nitrogen and oxygen atoms in total. The Bertz CT molecular complexity index is 415. The van der Waals surface area contributed by atoms with Crippen LogP contribution in [0.2, 0.25) is 0 Å². The van der Waals surface area contributed by atoms with Crippen LogP contribution in [0.5, 0.6) is 0 Å². The van der Waals surface area contributed by atoms with Gasteiger partial charge in [0.05, 0.1) is 0 Å². The Labute approximate surface area is 117 Å². The first-order valence-corrected chi connectivity index (χ1v) is 7.88. The number of nitrogen functional groups attached to an aromatic ring is 1. The molecule has 1 saturated heterocycles. The van der Waals surface area contributed by atoms with Crippen LogP contribution in [0.4, 0.5) is 5.69 Å². The number of hydrogen-bond donors (Lipinski definition) is 1. The van der Waals surface area contributed by atoms with Crippen molar-refractivity contribution in [2.24, 2.45) is 11.8 Å². The lowest BCUT2D eigenvalue weighted by molar-refractivity contribution is 0.0878. The maximum Gasteiger partial charge on any atom is 0.0316 e. The topological polar surface area (TPSA) is 29.3 Å². The number of benzene rings is 1. The smallest absolute Gasteiger partial charge is 0.0316 e. The van der Waals surface area contributed by atoms with Crippen molar-refractivity contribution >= 4 is 5.69 Å². The molecular weight excluding hydrogens is 232 g/mol. The van der Waals surface area contributed by atoms with E-state index in [2.05, 4.69) is 23.1 Å². The highest BCUT2D eigenvalue weighted by Gasteiger charge is 2.30. The number of nitrogens with zero attached hydrogens (tertiary/aromatic N) is 1. The summed E-state index contributed by atoms with van der Waals surface area (Å²) in [6.45, 7) is 3.85. The van der Waals surface area contributed by atoms with Gasteiger partial charge in [-0.3, -0.25) is 0 Å². The number of rotatable bonds is 3. The first kappa shape index (κ1) is 13.0. The molecule has 0 radical (unpaired) electrons. The molecule has 2 N–H and O–H groups in total. The van der Waals surface area contributed by atoms with E-state index in [1.54, 1.807) is 0 Å². The number of anilines is 1. The predicted octanol–water partition coefficient (Wildman–Crippen LogP) is 3.32. The molecule has 19 heavy (non-hydrogen) atoms. The molecule has 1 aromatic carbocycles. The maximum absolute atomic E-state index is 5.84. The van der Waals surface area contributed by atoms with E-state index in [9.17, 15) is 0 Å². The van der Waals surface area contributed by atoms with Crippen LogP contribution in [-0.2, 0) is 6.42 Å². The Balaban J connectivity index is 1.51. The van der Waals surface area contributed by atoms with Gasteiger partial charge in [-0.2, -0.15) is 0 Å². The van der Waals surface area contributed by atoms with Crippen molar-refractivity contribution < 1.29 is 0 Å². The van der Waals surface area contributed by atoms with E-state index >= 15 is 0 Å². The van der Waals surface area contributed by atoms with Crippen molar-refractivity contribution in [1.82, 2.24) is 4.90 Å². The van der Waals surface area contributed by atoms with Gasteiger partial charge in [0, 0.05) is 18.8 Å². The first-order valence-electron chi connectivity index (χ1n) is 7.88. The van der Waals surface area contributed by atoms with Crippen molar-refractivity contribution in [3.63, 3.8) is 0 Å². The van der Waals surface area contributed by atoms with Crippen LogP contribution >= 0.6 is 0 Å². The van der Waals surface area contributed by atoms with Gasteiger partial charge < -0.3 is 10.6 Å². The van der Waals surface area contributed by atoms with Gasteiger partial charge >= 0.3 is 0 Å². The second-order valence-corrected chi connectivity index (χ2v) is 6.39. The third kappa shape index (κ3) is 3.30. The molecule has 0 aromatic heterocycles. The predicted molar refractivity (Wildman–Crippen MR) is 81.1 cm³/mol. The second kappa shape index (κ2) is 5.96. The van der Waals surface area contributed by atoms with E-state index in [-0.39, 0.29) is 0 Å². The monoisotopic (exact) mass is 258 g/mol. The highest BCUT2D eigenvalue weighted by atomic mass is 15.1. The van der Waals surface area contributed by atoms with Crippen LogP contribution in [0.1, 0.15) is 37.7 Å². The van der Waals surface area contributed by atoms with E-state index in [1.165, 1.54) is 57.3 Å². The highest BCUT2D eigenvalue weighted by molar-refractivity contribution is 5.40. The summed E-state index contributed by atoms with van der Waals surface area (Å²) in [5.74, 6) is 2.03. The van der Waals surface area contributed by atoms with E-state index < -0.39 is 0 Å². The molecule has 2 aliphatic rings. The minimum absolute atomic E-state index is 0.892. The molecule has 1 aliphatic heterocycles. The third-order valence-corrected chi connectivity index (χ3v) is 5.04. The summed E-state index contributed by atoms with van der Waals surface area (Å²) in [6.07, 6.45) is 8.48. The van der Waals surface area contributed by atoms with Gasteiger partial charge in [0.1, 0.15) is 0 Å². The van der Waals surface area contributed by atoms with Gasteiger partial charge in [-0.25, -0.2) is 0 Å². The molecule has 1 saturated carbocycles. The SMILES string of the molecule is Nc1cccc(CCN2CCC3CCCC[C@@H]3C2)c1. The van der Waals surface area contributed by atoms with Crippen LogP contribution in [0.15, 0.2) is 24.3 Å². The van der Waals surface area contributed by atoms with Crippen molar-refractivity contribution in [1.29, 1.82) is 0 Å². The number of hydrogen-bond acceptors (Lipinski definition) is 2. The number of piperidine rings is 1. The molecule has 1 aliphatic carbocycles. The molecule has 1 aromatic rings. The zero-order chi connectivity index (χ0) is 13.1. The molecular formula is C17H26N2. The number of likely N-dealkylation sites (tertiary alicyclic amines) is 1. The van der Waals surface area contributed by atoms with Gasteiger partial charge in [0.15, 0.2) is 0 Å². The molecule has 0 spiro atoms. The molecule has 1 unspecified atom stereocenters. The first-order chi connectivity index (χ1) is 9.31. The molecule has 0 bridgehead atoms. The minimum Gasteiger partial charge on any atom is -0.399 e. The summed E-state index contributed by atoms with van der Waals surface area (Å²) in [5, 5.41) is 0. The summed E-state index contributed by atoms with van der Waals surface area (Å²) in [7, 11) is 0. The average molecular weight is 258 g/mol. The van der Waals surface area contributed by atoms with E-state index in [0.29, 0.717) is 0 Å². The highest BCUT2D eigenvalue weighted by Crippen LogP contribution is 2.35. The Morgan fingerprint density at radius 3 is 2.79 bits per heavy atom. The summed E-state index contributed by atoms with van der Waals surface area (Å²) < 4.78 is 0. The molecule has 0 amide bonds. The maximum atomic E-state index is 5.84. The minimum atomic E-state index is 0.892. The fourth-order valence-corrected chi connectivity index (χ4v) is 3.92. The van der Waals surface area contributed by atoms with Crippen LogP contribution in [0.3, 0.4) is 0 Å². The lowest BCUT2D eigenvalue weighted by Crippen LogP contribution is -2.42. The normalized spacial score (nSPS) is 28.0. The zero-order valence-electron chi connectivity index (χ0n) is 11.9. The average Bonchev–Trinajstić information content (AvgIpc) is 2.45.